The maximum Gasteiger partial charge on any atom is 0.331 e. The molecular formula is C18H16N2O3. The quantitative estimate of drug-likeness (QED) is 0.549. The SMILES string of the molecule is CCOc1ccc2c(c1)C(=[N+]=[N-])c1cc(OCC)ccc1C2=O. The normalized spacial score (nSPS) is 12.3. The molecular weight excluding hydrogens is 292 g/mol. The molecule has 0 fully saturated rings. The number of fused-ring (bicyclic) bond motifs is 2. The fourth-order valence-electron chi connectivity index (χ4n) is 2.75. The molecule has 5 nitrogen and oxygen atoms in total. The molecule has 0 radical (unpaired) electrons. The second-order valence-electron chi connectivity index (χ2n) is 5.06. The number of carbonyl (C=O) groups excluding carboxylic acids is 1. The van der Waals surface area contributed by atoms with Gasteiger partial charge in [0.15, 0.2) is 5.78 Å². The summed E-state index contributed by atoms with van der Waals surface area (Å²) in [6.45, 7) is 4.80. The van der Waals surface area contributed by atoms with Crippen LogP contribution in [-0.4, -0.2) is 29.5 Å². The molecule has 0 amide bonds. The molecule has 0 heterocycles. The van der Waals surface area contributed by atoms with Crippen LogP contribution in [-0.2, 0) is 0 Å². The van der Waals surface area contributed by atoms with Crippen molar-refractivity contribution in [3.63, 3.8) is 0 Å². The van der Waals surface area contributed by atoms with E-state index in [4.69, 9.17) is 9.47 Å². The summed E-state index contributed by atoms with van der Waals surface area (Å²) < 4.78 is 11.0. The maximum absolute atomic E-state index is 12.7. The Labute approximate surface area is 134 Å². The number of ether oxygens (including phenoxy) is 2. The number of benzene rings is 2. The first-order valence-corrected chi connectivity index (χ1v) is 7.50. The number of hydrogen-bond donors (Lipinski definition) is 0. The van der Waals surface area contributed by atoms with E-state index >= 15 is 0 Å². The molecule has 0 unspecified atom stereocenters. The highest BCUT2D eigenvalue weighted by Crippen LogP contribution is 2.31. The molecule has 0 bridgehead atoms. The summed E-state index contributed by atoms with van der Waals surface area (Å²) in [5.74, 6) is 1.16. The average molecular weight is 308 g/mol. The predicted octanol–water partition coefficient (Wildman–Crippen LogP) is 3.10. The third-order valence-corrected chi connectivity index (χ3v) is 3.70. The van der Waals surface area contributed by atoms with Crippen molar-refractivity contribution in [3.05, 3.63) is 64.2 Å². The largest absolute Gasteiger partial charge is 0.494 e. The lowest BCUT2D eigenvalue weighted by molar-refractivity contribution is -0.00311. The van der Waals surface area contributed by atoms with Gasteiger partial charge in [0.25, 0.3) is 0 Å². The molecule has 2 aromatic carbocycles. The second-order valence-corrected chi connectivity index (χ2v) is 5.06. The Kier molecular flexibility index (Phi) is 3.96. The van der Waals surface area contributed by atoms with Crippen LogP contribution in [0.3, 0.4) is 0 Å². The van der Waals surface area contributed by atoms with Crippen molar-refractivity contribution in [1.29, 1.82) is 0 Å². The zero-order valence-electron chi connectivity index (χ0n) is 13.0. The Morgan fingerprint density at radius 3 is 1.74 bits per heavy atom. The van der Waals surface area contributed by atoms with E-state index in [9.17, 15) is 10.3 Å². The minimum Gasteiger partial charge on any atom is -0.494 e. The van der Waals surface area contributed by atoms with Crippen LogP contribution in [0.1, 0.15) is 40.9 Å². The zero-order chi connectivity index (χ0) is 16.4. The molecule has 0 aliphatic heterocycles. The van der Waals surface area contributed by atoms with Crippen LogP contribution in [0.2, 0.25) is 0 Å². The summed E-state index contributed by atoms with van der Waals surface area (Å²) >= 11 is 0. The standard InChI is InChI=1S/C18H16N2O3/c1-3-22-11-5-7-13-15(9-11)17(20-19)16-10-12(23-4-2)6-8-14(16)18(13)21/h5-10H,3-4H2,1-2H3. The lowest BCUT2D eigenvalue weighted by Gasteiger charge is -2.17. The molecule has 23 heavy (non-hydrogen) atoms. The summed E-state index contributed by atoms with van der Waals surface area (Å²) in [5.41, 5.74) is 12.0. The van der Waals surface area contributed by atoms with E-state index in [0.717, 1.165) is 0 Å². The Morgan fingerprint density at radius 2 is 1.35 bits per heavy atom. The molecule has 116 valence electrons. The number of hydrogen-bond acceptors (Lipinski definition) is 3. The van der Waals surface area contributed by atoms with Gasteiger partial charge in [-0.2, -0.15) is 4.79 Å². The third-order valence-electron chi connectivity index (χ3n) is 3.70. The van der Waals surface area contributed by atoms with Gasteiger partial charge in [-0.1, -0.05) is 0 Å². The second kappa shape index (κ2) is 6.07. The zero-order valence-corrected chi connectivity index (χ0v) is 13.0. The smallest absolute Gasteiger partial charge is 0.331 e. The molecule has 0 saturated heterocycles. The predicted molar refractivity (Wildman–Crippen MR) is 85.5 cm³/mol. The summed E-state index contributed by atoms with van der Waals surface area (Å²) in [5, 5.41) is 0. The topological polar surface area (TPSA) is 71.9 Å². The van der Waals surface area contributed by atoms with Crippen LogP contribution < -0.4 is 9.47 Å². The van der Waals surface area contributed by atoms with E-state index in [-0.39, 0.29) is 5.78 Å². The van der Waals surface area contributed by atoms with Gasteiger partial charge in [0.2, 0.25) is 0 Å². The van der Waals surface area contributed by atoms with Gasteiger partial charge >= 0.3 is 5.71 Å². The van der Waals surface area contributed by atoms with Crippen molar-refractivity contribution in [1.82, 2.24) is 0 Å². The maximum atomic E-state index is 12.7. The molecule has 3 rings (SSSR count). The van der Waals surface area contributed by atoms with Gasteiger partial charge in [0.1, 0.15) is 11.5 Å². The molecule has 0 atom stereocenters. The van der Waals surface area contributed by atoms with Gasteiger partial charge in [0.05, 0.1) is 24.3 Å². The van der Waals surface area contributed by atoms with Crippen LogP contribution in [0.15, 0.2) is 36.4 Å². The van der Waals surface area contributed by atoms with E-state index < -0.39 is 0 Å². The first-order chi connectivity index (χ1) is 11.2. The molecule has 0 saturated carbocycles. The lowest BCUT2D eigenvalue weighted by atomic mass is 9.83. The summed E-state index contributed by atoms with van der Waals surface area (Å²) in [6, 6.07) is 10.3. The van der Waals surface area contributed by atoms with Gasteiger partial charge in [-0.15, -0.1) is 0 Å². The van der Waals surface area contributed by atoms with Crippen LogP contribution >= 0.6 is 0 Å². The van der Waals surface area contributed by atoms with Crippen LogP contribution in [0.5, 0.6) is 11.5 Å². The van der Waals surface area contributed by atoms with E-state index in [1.807, 2.05) is 13.8 Å². The Balaban J connectivity index is 2.19. The monoisotopic (exact) mass is 308 g/mol. The third kappa shape index (κ3) is 2.51. The van der Waals surface area contributed by atoms with E-state index in [1.54, 1.807) is 36.4 Å². The van der Waals surface area contributed by atoms with Crippen molar-refractivity contribution >= 4 is 11.5 Å². The highest BCUT2D eigenvalue weighted by Gasteiger charge is 2.34. The van der Waals surface area contributed by atoms with Crippen LogP contribution in [0.25, 0.3) is 5.53 Å². The fraction of sp³-hybridized carbons (Fsp3) is 0.222. The van der Waals surface area contributed by atoms with E-state index in [1.165, 1.54) is 0 Å². The van der Waals surface area contributed by atoms with Crippen molar-refractivity contribution < 1.29 is 19.1 Å². The number of nitrogens with zero attached hydrogens (tertiary/aromatic N) is 2. The minimum atomic E-state index is -0.103. The molecule has 1 aliphatic carbocycles. The molecule has 1 aliphatic rings. The first kappa shape index (κ1) is 15.0. The van der Waals surface area contributed by atoms with Crippen LogP contribution in [0, 0.1) is 0 Å². The average Bonchev–Trinajstić information content (AvgIpc) is 2.56. The summed E-state index contributed by atoms with van der Waals surface area (Å²) in [6.07, 6.45) is 0. The molecule has 0 aromatic heterocycles. The van der Waals surface area contributed by atoms with E-state index in [0.29, 0.717) is 52.7 Å². The van der Waals surface area contributed by atoms with Gasteiger partial charge in [-0.25, -0.2) is 0 Å². The van der Waals surface area contributed by atoms with Crippen molar-refractivity contribution in [2.24, 2.45) is 0 Å². The Morgan fingerprint density at radius 1 is 0.870 bits per heavy atom. The number of ketones is 1. The van der Waals surface area contributed by atoms with Gasteiger partial charge in [0, 0.05) is 11.1 Å². The van der Waals surface area contributed by atoms with Gasteiger partial charge in [-0.3, -0.25) is 4.79 Å². The Bertz CT molecular complexity index is 775. The highest BCUT2D eigenvalue weighted by molar-refractivity contribution is 6.28. The summed E-state index contributed by atoms with van der Waals surface area (Å²) in [4.78, 5) is 16.1. The van der Waals surface area contributed by atoms with Crippen molar-refractivity contribution in [2.75, 3.05) is 13.2 Å². The number of carbonyl (C=O) groups is 1. The molecule has 0 spiro atoms. The summed E-state index contributed by atoms with van der Waals surface area (Å²) in [7, 11) is 0. The Hall–Kier alpha value is -2.91. The number of rotatable bonds is 4. The van der Waals surface area contributed by atoms with Crippen molar-refractivity contribution in [3.8, 4) is 11.5 Å². The van der Waals surface area contributed by atoms with Gasteiger partial charge < -0.3 is 15.0 Å². The lowest BCUT2D eigenvalue weighted by Crippen LogP contribution is -2.22. The molecule has 0 N–H and O–H groups in total. The minimum absolute atomic E-state index is 0.103. The first-order valence-electron chi connectivity index (χ1n) is 7.50. The van der Waals surface area contributed by atoms with Gasteiger partial charge in [-0.05, 0) is 50.2 Å². The molecule has 2 aromatic rings. The van der Waals surface area contributed by atoms with E-state index in [2.05, 4.69) is 4.79 Å². The highest BCUT2D eigenvalue weighted by atomic mass is 16.5. The van der Waals surface area contributed by atoms with Crippen molar-refractivity contribution in [2.45, 2.75) is 13.8 Å². The fourth-order valence-corrected chi connectivity index (χ4v) is 2.75. The van der Waals surface area contributed by atoms with Crippen LogP contribution in [0.4, 0.5) is 0 Å². The molecule has 5 heteroatoms.